The summed E-state index contributed by atoms with van der Waals surface area (Å²) < 4.78 is 43.7. The smallest absolute Gasteiger partial charge is 0.388 e. The van der Waals surface area contributed by atoms with Crippen LogP contribution in [0.4, 0.5) is 13.2 Å². The summed E-state index contributed by atoms with van der Waals surface area (Å²) in [6.07, 6.45) is -4.07. The fraction of sp³-hybridized carbons (Fsp3) is 0.533. The molecule has 0 radical (unpaired) electrons. The van der Waals surface area contributed by atoms with Gasteiger partial charge in [-0.1, -0.05) is 18.2 Å². The Kier molecular flexibility index (Phi) is 5.08. The maximum absolute atomic E-state index is 12.9. The molecule has 4 nitrogen and oxygen atoms in total. The first kappa shape index (κ1) is 16.8. The van der Waals surface area contributed by atoms with Gasteiger partial charge >= 0.3 is 6.18 Å². The quantitative estimate of drug-likeness (QED) is 0.892. The van der Waals surface area contributed by atoms with E-state index in [1.54, 1.807) is 0 Å². The third-order valence-corrected chi connectivity index (χ3v) is 3.71. The van der Waals surface area contributed by atoms with Crippen molar-refractivity contribution >= 4 is 5.91 Å². The van der Waals surface area contributed by atoms with Crippen LogP contribution in [0.25, 0.3) is 0 Å². The van der Waals surface area contributed by atoms with Gasteiger partial charge in [-0.05, 0) is 11.6 Å². The first-order chi connectivity index (χ1) is 10.3. The zero-order valence-corrected chi connectivity index (χ0v) is 11.9. The fourth-order valence-electron chi connectivity index (χ4n) is 2.38. The van der Waals surface area contributed by atoms with Crippen LogP contribution in [0.15, 0.2) is 24.3 Å². The highest BCUT2D eigenvalue weighted by Crippen LogP contribution is 2.32. The fourth-order valence-corrected chi connectivity index (χ4v) is 2.38. The molecule has 2 N–H and O–H groups in total. The van der Waals surface area contributed by atoms with E-state index in [-0.39, 0.29) is 18.5 Å². The lowest BCUT2D eigenvalue weighted by Gasteiger charge is -2.32. The van der Waals surface area contributed by atoms with Gasteiger partial charge in [-0.25, -0.2) is 0 Å². The van der Waals surface area contributed by atoms with Crippen molar-refractivity contribution in [3.8, 4) is 0 Å². The Balaban J connectivity index is 1.95. The summed E-state index contributed by atoms with van der Waals surface area (Å²) in [5.74, 6) is -0.545. The molecule has 0 aromatic heterocycles. The first-order valence-electron chi connectivity index (χ1n) is 7.02. The lowest BCUT2D eigenvalue weighted by molar-refractivity contribution is -0.138. The van der Waals surface area contributed by atoms with E-state index in [0.29, 0.717) is 26.1 Å². The van der Waals surface area contributed by atoms with Gasteiger partial charge in [0.1, 0.15) is 0 Å². The van der Waals surface area contributed by atoms with Crippen LogP contribution in [0.1, 0.15) is 24.0 Å². The van der Waals surface area contributed by atoms with E-state index in [1.165, 1.54) is 18.2 Å². The third-order valence-electron chi connectivity index (χ3n) is 3.71. The van der Waals surface area contributed by atoms with Gasteiger partial charge in [-0.15, -0.1) is 0 Å². The molecular formula is C15H18F3NO3. The van der Waals surface area contributed by atoms with Crippen LogP contribution in [0.2, 0.25) is 0 Å². The van der Waals surface area contributed by atoms with E-state index in [4.69, 9.17) is 4.74 Å². The zero-order chi connectivity index (χ0) is 16.2. The number of aliphatic hydroxyl groups is 1. The van der Waals surface area contributed by atoms with Gasteiger partial charge in [0.2, 0.25) is 5.91 Å². The summed E-state index contributed by atoms with van der Waals surface area (Å²) in [4.78, 5) is 11.9. The Labute approximate surface area is 126 Å². The molecule has 0 unspecified atom stereocenters. The summed E-state index contributed by atoms with van der Waals surface area (Å²) in [7, 11) is 0. The average Bonchev–Trinajstić information content (AvgIpc) is 2.46. The Hall–Kier alpha value is -1.60. The standard InChI is InChI=1S/C15H18F3NO3/c16-15(17,18)12-4-2-1-3-11(12)9-13(20)19-10-14(21)5-7-22-8-6-14/h1-4,21H,5-10H2,(H,19,20). The molecule has 1 aliphatic heterocycles. The Morgan fingerprint density at radius 3 is 2.55 bits per heavy atom. The number of amides is 1. The number of rotatable bonds is 4. The van der Waals surface area contributed by atoms with Gasteiger partial charge in [-0.3, -0.25) is 4.79 Å². The molecule has 1 saturated heterocycles. The number of ether oxygens (including phenoxy) is 1. The number of carbonyl (C=O) groups excluding carboxylic acids is 1. The van der Waals surface area contributed by atoms with Crippen molar-refractivity contribution in [2.24, 2.45) is 0 Å². The Morgan fingerprint density at radius 1 is 1.27 bits per heavy atom. The van der Waals surface area contributed by atoms with Crippen LogP contribution in [0.5, 0.6) is 0 Å². The predicted octanol–water partition coefficient (Wildman–Crippen LogP) is 1.91. The van der Waals surface area contributed by atoms with E-state index in [9.17, 15) is 23.1 Å². The molecule has 2 rings (SSSR count). The molecule has 1 aromatic rings. The monoisotopic (exact) mass is 317 g/mol. The van der Waals surface area contributed by atoms with Gasteiger partial charge in [-0.2, -0.15) is 13.2 Å². The number of alkyl halides is 3. The van der Waals surface area contributed by atoms with E-state index in [2.05, 4.69) is 5.32 Å². The van der Waals surface area contributed by atoms with E-state index < -0.39 is 23.2 Å². The van der Waals surface area contributed by atoms with Gasteiger partial charge in [0, 0.05) is 32.6 Å². The summed E-state index contributed by atoms with van der Waals surface area (Å²) >= 11 is 0. The van der Waals surface area contributed by atoms with Crippen molar-refractivity contribution in [2.45, 2.75) is 31.0 Å². The van der Waals surface area contributed by atoms with Crippen molar-refractivity contribution in [1.82, 2.24) is 5.32 Å². The van der Waals surface area contributed by atoms with Gasteiger partial charge in [0.15, 0.2) is 0 Å². The molecule has 1 aliphatic rings. The van der Waals surface area contributed by atoms with Crippen LogP contribution < -0.4 is 5.32 Å². The molecule has 0 spiro atoms. The van der Waals surface area contributed by atoms with Crippen molar-refractivity contribution in [1.29, 1.82) is 0 Å². The second-order valence-corrected chi connectivity index (χ2v) is 5.45. The van der Waals surface area contributed by atoms with Crippen LogP contribution in [0, 0.1) is 0 Å². The van der Waals surface area contributed by atoms with Crippen molar-refractivity contribution < 1.29 is 27.8 Å². The molecule has 0 aliphatic carbocycles. The molecule has 1 fully saturated rings. The van der Waals surface area contributed by atoms with Crippen molar-refractivity contribution in [3.05, 3.63) is 35.4 Å². The van der Waals surface area contributed by atoms with Crippen LogP contribution in [-0.4, -0.2) is 36.4 Å². The zero-order valence-electron chi connectivity index (χ0n) is 11.9. The topological polar surface area (TPSA) is 58.6 Å². The molecule has 1 aromatic carbocycles. The maximum atomic E-state index is 12.9. The highest BCUT2D eigenvalue weighted by molar-refractivity contribution is 5.79. The molecular weight excluding hydrogens is 299 g/mol. The number of benzene rings is 1. The number of nitrogens with one attached hydrogen (secondary N) is 1. The number of hydrogen-bond donors (Lipinski definition) is 2. The Morgan fingerprint density at radius 2 is 1.91 bits per heavy atom. The van der Waals surface area contributed by atoms with Crippen molar-refractivity contribution in [2.75, 3.05) is 19.8 Å². The SMILES string of the molecule is O=C(Cc1ccccc1C(F)(F)F)NCC1(O)CCOCC1. The number of halogens is 3. The predicted molar refractivity (Wildman–Crippen MR) is 73.2 cm³/mol. The summed E-state index contributed by atoms with van der Waals surface area (Å²) in [6, 6.07) is 4.99. The first-order valence-corrected chi connectivity index (χ1v) is 7.02. The molecule has 0 saturated carbocycles. The average molecular weight is 317 g/mol. The maximum Gasteiger partial charge on any atom is 0.416 e. The minimum Gasteiger partial charge on any atom is -0.388 e. The Bertz CT molecular complexity index is 525. The third kappa shape index (κ3) is 4.45. The highest BCUT2D eigenvalue weighted by atomic mass is 19.4. The molecule has 0 atom stereocenters. The molecule has 1 amide bonds. The minimum absolute atomic E-state index is 0.0172. The largest absolute Gasteiger partial charge is 0.416 e. The van der Waals surface area contributed by atoms with Gasteiger partial charge in [0.25, 0.3) is 0 Å². The van der Waals surface area contributed by atoms with E-state index in [1.807, 2.05) is 0 Å². The molecule has 22 heavy (non-hydrogen) atoms. The lowest BCUT2D eigenvalue weighted by atomic mass is 9.94. The highest BCUT2D eigenvalue weighted by Gasteiger charge is 2.34. The normalized spacial score (nSPS) is 18.0. The number of carbonyl (C=O) groups is 1. The van der Waals surface area contributed by atoms with E-state index >= 15 is 0 Å². The van der Waals surface area contributed by atoms with Crippen LogP contribution in [-0.2, 0) is 22.1 Å². The van der Waals surface area contributed by atoms with Crippen molar-refractivity contribution in [3.63, 3.8) is 0 Å². The van der Waals surface area contributed by atoms with Gasteiger partial charge in [0.05, 0.1) is 17.6 Å². The molecule has 1 heterocycles. The van der Waals surface area contributed by atoms with Crippen LogP contribution >= 0.6 is 0 Å². The van der Waals surface area contributed by atoms with E-state index in [0.717, 1.165) is 6.07 Å². The molecule has 0 bridgehead atoms. The van der Waals surface area contributed by atoms with Crippen LogP contribution in [0.3, 0.4) is 0 Å². The second-order valence-electron chi connectivity index (χ2n) is 5.45. The summed E-state index contributed by atoms with van der Waals surface area (Å²) in [6.45, 7) is 0.829. The second kappa shape index (κ2) is 6.66. The number of hydrogen-bond acceptors (Lipinski definition) is 3. The lowest BCUT2D eigenvalue weighted by Crippen LogP contribution is -2.47. The summed E-state index contributed by atoms with van der Waals surface area (Å²) in [5, 5.41) is 12.7. The van der Waals surface area contributed by atoms with Gasteiger partial charge < -0.3 is 15.2 Å². The minimum atomic E-state index is -4.49. The summed E-state index contributed by atoms with van der Waals surface area (Å²) in [5.41, 5.74) is -1.93. The molecule has 122 valence electrons. The molecule has 7 heteroatoms.